The summed E-state index contributed by atoms with van der Waals surface area (Å²) in [6.07, 6.45) is 1.95. The van der Waals surface area contributed by atoms with Crippen molar-refractivity contribution in [2.75, 3.05) is 23.5 Å². The van der Waals surface area contributed by atoms with Crippen LogP contribution < -0.4 is 14.5 Å². The Balaban J connectivity index is 1.12. The molecule has 6 heteroatoms. The zero-order valence-electron chi connectivity index (χ0n) is 34.0. The SMILES string of the molecule is Cc1cc(C)c2c(c1)c1cc(C)cc(C)c1n2-c1ccnc(-n2c3ccccc3c3ccc(Oc4cc(N5CN(C)c6ccccc65)cc(C(C)(C)C)c4)cc32)c1. The summed E-state index contributed by atoms with van der Waals surface area (Å²) in [4.78, 5) is 9.72. The zero-order chi connectivity index (χ0) is 39.3. The van der Waals surface area contributed by atoms with Crippen molar-refractivity contribution in [3.8, 4) is 23.0 Å². The van der Waals surface area contributed by atoms with Crippen molar-refractivity contribution in [3.63, 3.8) is 0 Å². The van der Waals surface area contributed by atoms with Gasteiger partial charge < -0.3 is 19.1 Å². The van der Waals surface area contributed by atoms with Gasteiger partial charge in [0.2, 0.25) is 0 Å². The van der Waals surface area contributed by atoms with Gasteiger partial charge >= 0.3 is 0 Å². The van der Waals surface area contributed by atoms with Crippen molar-refractivity contribution >= 4 is 60.7 Å². The zero-order valence-corrected chi connectivity index (χ0v) is 34.0. The molecule has 0 unspecified atom stereocenters. The minimum absolute atomic E-state index is 0.0720. The van der Waals surface area contributed by atoms with Crippen molar-refractivity contribution in [2.45, 2.75) is 53.9 Å². The average Bonchev–Trinajstić information content (AvgIpc) is 3.82. The van der Waals surface area contributed by atoms with Gasteiger partial charge in [-0.3, -0.25) is 4.57 Å². The molecular formula is C51H47N5O. The predicted molar refractivity (Wildman–Crippen MR) is 239 cm³/mol. The fraction of sp³-hybridized carbons (Fsp3) is 0.196. The Labute approximate surface area is 334 Å². The van der Waals surface area contributed by atoms with Gasteiger partial charge in [-0.15, -0.1) is 0 Å². The van der Waals surface area contributed by atoms with Crippen molar-refractivity contribution in [1.29, 1.82) is 0 Å². The summed E-state index contributed by atoms with van der Waals surface area (Å²) in [6, 6.07) is 44.0. The Hall–Kier alpha value is -6.53. The first-order valence-corrected chi connectivity index (χ1v) is 19.9. The van der Waals surface area contributed by atoms with E-state index in [1.807, 2.05) is 6.20 Å². The third-order valence-electron chi connectivity index (χ3n) is 11.7. The van der Waals surface area contributed by atoms with E-state index in [4.69, 9.17) is 9.72 Å². The summed E-state index contributed by atoms with van der Waals surface area (Å²) in [5.74, 6) is 2.45. The van der Waals surface area contributed by atoms with Crippen LogP contribution in [0.1, 0.15) is 48.6 Å². The average molecular weight is 746 g/mol. The van der Waals surface area contributed by atoms with Gasteiger partial charge in [-0.25, -0.2) is 4.98 Å². The molecule has 0 N–H and O–H groups in total. The van der Waals surface area contributed by atoms with E-state index in [2.05, 4.69) is 196 Å². The minimum atomic E-state index is -0.0720. The molecule has 282 valence electrons. The number of benzene rings is 6. The molecule has 0 aliphatic carbocycles. The lowest BCUT2D eigenvalue weighted by molar-refractivity contribution is 0.479. The standard InChI is InChI=1S/C51H47N5O/c1-31-21-33(3)49-42(23-31)43-24-32(2)22-34(4)50(43)55(49)36-19-20-52-48(28-36)56-44-14-10-9-13-40(44)41-18-17-38(29-47(41)56)57-39-26-35(51(5,6)7)25-37(27-39)54-30-53(8)45-15-11-12-16-46(45)54/h9-29H,30H2,1-8H3. The van der Waals surface area contributed by atoms with Gasteiger partial charge in [0.15, 0.2) is 0 Å². The van der Waals surface area contributed by atoms with E-state index in [1.54, 1.807) is 0 Å². The summed E-state index contributed by atoms with van der Waals surface area (Å²) >= 11 is 0. The van der Waals surface area contributed by atoms with Gasteiger partial charge in [0, 0.05) is 58.7 Å². The predicted octanol–water partition coefficient (Wildman–Crippen LogP) is 13.1. The molecule has 0 bridgehead atoms. The first-order chi connectivity index (χ1) is 27.4. The van der Waals surface area contributed by atoms with Crippen LogP contribution in [0.25, 0.3) is 55.1 Å². The molecule has 1 aliphatic heterocycles. The van der Waals surface area contributed by atoms with E-state index >= 15 is 0 Å². The van der Waals surface area contributed by atoms with Gasteiger partial charge in [-0.1, -0.05) is 74.4 Å². The number of para-hydroxylation sites is 3. The third-order valence-corrected chi connectivity index (χ3v) is 11.7. The van der Waals surface area contributed by atoms with Crippen molar-refractivity contribution < 1.29 is 4.74 Å². The highest BCUT2D eigenvalue weighted by Crippen LogP contribution is 2.44. The molecule has 6 nitrogen and oxygen atoms in total. The Morgan fingerprint density at radius 3 is 1.95 bits per heavy atom. The maximum absolute atomic E-state index is 6.87. The van der Waals surface area contributed by atoms with E-state index in [9.17, 15) is 0 Å². The van der Waals surface area contributed by atoms with Gasteiger partial charge in [-0.05, 0) is 110 Å². The number of nitrogens with zero attached hydrogens (tertiary/aromatic N) is 5. The highest BCUT2D eigenvalue weighted by molar-refractivity contribution is 6.12. The molecular weight excluding hydrogens is 699 g/mol. The Morgan fingerprint density at radius 2 is 1.23 bits per heavy atom. The second-order valence-electron chi connectivity index (χ2n) is 17.0. The summed E-state index contributed by atoms with van der Waals surface area (Å²) in [6.45, 7) is 16.4. The Bertz CT molecular complexity index is 3020. The molecule has 0 saturated carbocycles. The van der Waals surface area contributed by atoms with Crippen molar-refractivity contribution in [3.05, 3.63) is 155 Å². The summed E-state index contributed by atoms with van der Waals surface area (Å²) in [5, 5.41) is 4.90. The van der Waals surface area contributed by atoms with Crippen LogP contribution in [0, 0.1) is 27.7 Å². The number of rotatable bonds is 5. The number of hydrogen-bond acceptors (Lipinski definition) is 4. The minimum Gasteiger partial charge on any atom is -0.457 e. The van der Waals surface area contributed by atoms with Gasteiger partial charge in [0.1, 0.15) is 17.3 Å². The topological polar surface area (TPSA) is 38.5 Å². The lowest BCUT2D eigenvalue weighted by atomic mass is 9.86. The Morgan fingerprint density at radius 1 is 0.561 bits per heavy atom. The van der Waals surface area contributed by atoms with E-state index in [0.29, 0.717) is 0 Å². The quantitative estimate of drug-likeness (QED) is 0.176. The monoisotopic (exact) mass is 745 g/mol. The fourth-order valence-corrected chi connectivity index (χ4v) is 9.19. The van der Waals surface area contributed by atoms with Crippen LogP contribution in [0.3, 0.4) is 0 Å². The number of hydrogen-bond donors (Lipinski definition) is 0. The van der Waals surface area contributed by atoms with E-state index in [-0.39, 0.29) is 5.41 Å². The highest BCUT2D eigenvalue weighted by atomic mass is 16.5. The Kier molecular flexibility index (Phi) is 7.81. The normalized spacial score (nSPS) is 13.1. The van der Waals surface area contributed by atoms with Crippen molar-refractivity contribution in [1.82, 2.24) is 14.1 Å². The van der Waals surface area contributed by atoms with Gasteiger partial charge in [0.05, 0.1) is 45.8 Å². The molecule has 0 spiro atoms. The summed E-state index contributed by atoms with van der Waals surface area (Å²) < 4.78 is 11.6. The van der Waals surface area contributed by atoms with E-state index in [1.165, 1.54) is 66.4 Å². The van der Waals surface area contributed by atoms with Crippen LogP contribution in [0.4, 0.5) is 17.1 Å². The summed E-state index contributed by atoms with van der Waals surface area (Å²) in [5.41, 5.74) is 15.5. The largest absolute Gasteiger partial charge is 0.457 e. The van der Waals surface area contributed by atoms with E-state index in [0.717, 1.165) is 51.8 Å². The molecule has 4 heterocycles. The van der Waals surface area contributed by atoms with E-state index < -0.39 is 0 Å². The molecule has 1 aliphatic rings. The smallest absolute Gasteiger partial charge is 0.139 e. The van der Waals surface area contributed by atoms with Crippen LogP contribution in [0.5, 0.6) is 11.5 Å². The second-order valence-corrected chi connectivity index (χ2v) is 17.0. The molecule has 3 aromatic heterocycles. The molecule has 0 amide bonds. The first-order valence-electron chi connectivity index (χ1n) is 19.9. The molecule has 0 saturated heterocycles. The number of fused-ring (bicyclic) bond motifs is 7. The molecule has 6 aromatic carbocycles. The van der Waals surface area contributed by atoms with Crippen LogP contribution >= 0.6 is 0 Å². The lowest BCUT2D eigenvalue weighted by Gasteiger charge is -2.25. The van der Waals surface area contributed by atoms with Crippen LogP contribution in [-0.2, 0) is 5.41 Å². The van der Waals surface area contributed by atoms with Crippen LogP contribution in [-0.4, -0.2) is 27.8 Å². The van der Waals surface area contributed by atoms with Gasteiger partial charge in [0.25, 0.3) is 0 Å². The molecule has 57 heavy (non-hydrogen) atoms. The summed E-state index contributed by atoms with van der Waals surface area (Å²) in [7, 11) is 2.15. The van der Waals surface area contributed by atoms with Crippen LogP contribution in [0.15, 0.2) is 128 Å². The van der Waals surface area contributed by atoms with Gasteiger partial charge in [-0.2, -0.15) is 0 Å². The fourth-order valence-electron chi connectivity index (χ4n) is 9.19. The maximum Gasteiger partial charge on any atom is 0.139 e. The number of pyridine rings is 1. The number of aryl methyl sites for hydroxylation is 4. The van der Waals surface area contributed by atoms with Crippen molar-refractivity contribution in [2.24, 2.45) is 0 Å². The first kappa shape index (κ1) is 34.9. The molecule has 0 atom stereocenters. The maximum atomic E-state index is 6.87. The number of anilines is 3. The second kappa shape index (κ2) is 12.8. The molecule has 0 radical (unpaired) electrons. The number of aromatic nitrogens is 3. The third kappa shape index (κ3) is 5.65. The highest BCUT2D eigenvalue weighted by Gasteiger charge is 2.27. The molecule has 10 rings (SSSR count). The molecule has 9 aromatic rings. The van der Waals surface area contributed by atoms with Crippen LogP contribution in [0.2, 0.25) is 0 Å². The number of ether oxygens (including phenoxy) is 1. The molecule has 0 fully saturated rings. The lowest BCUT2D eigenvalue weighted by Crippen LogP contribution is -2.24.